The zero-order valence-electron chi connectivity index (χ0n) is 8.54. The molecule has 78 valence electrons. The summed E-state index contributed by atoms with van der Waals surface area (Å²) in [6, 6.07) is 5.70. The second kappa shape index (κ2) is 3.42. The molecule has 1 saturated carbocycles. The number of aromatic nitrogens is 4. The van der Waals surface area contributed by atoms with Gasteiger partial charge in [-0.15, -0.1) is 5.10 Å². The van der Waals surface area contributed by atoms with Crippen LogP contribution in [0.1, 0.15) is 30.0 Å². The molecule has 3 rings (SSSR count). The van der Waals surface area contributed by atoms with Crippen LogP contribution in [0, 0.1) is 11.3 Å². The summed E-state index contributed by atoms with van der Waals surface area (Å²) < 4.78 is 1.62. The Kier molecular flexibility index (Phi) is 1.93. The SMILES string of the molecule is N#Cc1ccnnc1-n1ccc(C2CC2)n1. The molecule has 0 N–H and O–H groups in total. The first-order valence-electron chi connectivity index (χ1n) is 5.16. The van der Waals surface area contributed by atoms with Gasteiger partial charge in [-0.2, -0.15) is 15.5 Å². The zero-order valence-corrected chi connectivity index (χ0v) is 8.54. The molecule has 2 aromatic rings. The van der Waals surface area contributed by atoms with Crippen LogP contribution in [-0.2, 0) is 0 Å². The Balaban J connectivity index is 2.04. The highest BCUT2D eigenvalue weighted by Crippen LogP contribution is 2.38. The van der Waals surface area contributed by atoms with Crippen LogP contribution < -0.4 is 0 Å². The molecular formula is C11H9N5. The summed E-state index contributed by atoms with van der Waals surface area (Å²) in [5.74, 6) is 1.10. The van der Waals surface area contributed by atoms with Crippen LogP contribution in [0.15, 0.2) is 24.5 Å². The molecule has 0 radical (unpaired) electrons. The van der Waals surface area contributed by atoms with E-state index in [2.05, 4.69) is 21.4 Å². The number of nitriles is 1. The molecular weight excluding hydrogens is 202 g/mol. The topological polar surface area (TPSA) is 67.4 Å². The molecule has 5 heteroatoms. The Morgan fingerprint density at radius 2 is 2.25 bits per heavy atom. The van der Waals surface area contributed by atoms with Gasteiger partial charge in [-0.25, -0.2) is 4.68 Å². The van der Waals surface area contributed by atoms with E-state index in [0.29, 0.717) is 17.3 Å². The molecule has 2 aromatic heterocycles. The molecule has 0 atom stereocenters. The van der Waals surface area contributed by atoms with Crippen molar-refractivity contribution in [1.29, 1.82) is 5.26 Å². The fourth-order valence-electron chi connectivity index (χ4n) is 1.63. The van der Waals surface area contributed by atoms with Gasteiger partial charge in [-0.05, 0) is 25.0 Å². The van der Waals surface area contributed by atoms with E-state index >= 15 is 0 Å². The molecule has 16 heavy (non-hydrogen) atoms. The molecule has 0 bridgehead atoms. The predicted molar refractivity (Wildman–Crippen MR) is 55.8 cm³/mol. The van der Waals surface area contributed by atoms with Gasteiger partial charge in [0.05, 0.1) is 11.9 Å². The maximum Gasteiger partial charge on any atom is 0.193 e. The molecule has 2 heterocycles. The van der Waals surface area contributed by atoms with Crippen molar-refractivity contribution in [3.63, 3.8) is 0 Å². The lowest BCUT2D eigenvalue weighted by Crippen LogP contribution is -2.03. The van der Waals surface area contributed by atoms with Crippen molar-refractivity contribution >= 4 is 0 Å². The van der Waals surface area contributed by atoms with Crippen LogP contribution in [0.25, 0.3) is 5.82 Å². The minimum atomic E-state index is 0.487. The maximum absolute atomic E-state index is 8.95. The van der Waals surface area contributed by atoms with Crippen LogP contribution in [0.2, 0.25) is 0 Å². The third-order valence-electron chi connectivity index (χ3n) is 2.64. The lowest BCUT2D eigenvalue weighted by Gasteiger charge is -2.00. The van der Waals surface area contributed by atoms with E-state index in [0.717, 1.165) is 5.69 Å². The largest absolute Gasteiger partial charge is 0.219 e. The van der Waals surface area contributed by atoms with Crippen molar-refractivity contribution in [1.82, 2.24) is 20.0 Å². The number of hydrogen-bond donors (Lipinski definition) is 0. The van der Waals surface area contributed by atoms with E-state index in [1.165, 1.54) is 19.0 Å². The Hall–Kier alpha value is -2.22. The molecule has 0 aromatic carbocycles. The molecule has 0 amide bonds. The molecule has 0 unspecified atom stereocenters. The third kappa shape index (κ3) is 1.44. The lowest BCUT2D eigenvalue weighted by atomic mass is 10.3. The van der Waals surface area contributed by atoms with Crippen LogP contribution in [0.4, 0.5) is 0 Å². The Morgan fingerprint density at radius 1 is 1.38 bits per heavy atom. The predicted octanol–water partition coefficient (Wildman–Crippen LogP) is 1.41. The molecule has 0 spiro atoms. The summed E-state index contributed by atoms with van der Waals surface area (Å²) in [5.41, 5.74) is 1.56. The standard InChI is InChI=1S/C11H9N5/c12-7-9-3-5-13-14-11(9)16-6-4-10(15-16)8-1-2-8/h3-6,8H,1-2H2. The van der Waals surface area contributed by atoms with Crippen molar-refractivity contribution < 1.29 is 0 Å². The number of hydrogen-bond acceptors (Lipinski definition) is 4. The van der Waals surface area contributed by atoms with Crippen LogP contribution in [-0.4, -0.2) is 20.0 Å². The van der Waals surface area contributed by atoms with Gasteiger partial charge in [0.1, 0.15) is 11.6 Å². The minimum Gasteiger partial charge on any atom is -0.219 e. The summed E-state index contributed by atoms with van der Waals surface area (Å²) in [6.45, 7) is 0. The lowest BCUT2D eigenvalue weighted by molar-refractivity contribution is 0.786. The van der Waals surface area contributed by atoms with E-state index in [4.69, 9.17) is 5.26 Å². The second-order valence-corrected chi connectivity index (χ2v) is 3.84. The van der Waals surface area contributed by atoms with Crippen LogP contribution in [0.3, 0.4) is 0 Å². The smallest absolute Gasteiger partial charge is 0.193 e. The number of nitrogens with zero attached hydrogens (tertiary/aromatic N) is 5. The van der Waals surface area contributed by atoms with Crippen molar-refractivity contribution in [2.24, 2.45) is 0 Å². The fourth-order valence-corrected chi connectivity index (χ4v) is 1.63. The van der Waals surface area contributed by atoms with Gasteiger partial charge >= 0.3 is 0 Å². The maximum atomic E-state index is 8.95. The number of rotatable bonds is 2. The highest BCUT2D eigenvalue weighted by Gasteiger charge is 2.26. The van der Waals surface area contributed by atoms with E-state index in [9.17, 15) is 0 Å². The van der Waals surface area contributed by atoms with Gasteiger partial charge in [0.2, 0.25) is 0 Å². The van der Waals surface area contributed by atoms with Gasteiger partial charge in [-0.3, -0.25) is 0 Å². The van der Waals surface area contributed by atoms with Gasteiger partial charge < -0.3 is 0 Å². The molecule has 0 saturated heterocycles. The minimum absolute atomic E-state index is 0.487. The summed E-state index contributed by atoms with van der Waals surface area (Å²) in [4.78, 5) is 0. The van der Waals surface area contributed by atoms with E-state index in [1.54, 1.807) is 10.7 Å². The van der Waals surface area contributed by atoms with Crippen LogP contribution >= 0.6 is 0 Å². The quantitative estimate of drug-likeness (QED) is 0.753. The van der Waals surface area contributed by atoms with Gasteiger partial charge in [0.15, 0.2) is 5.82 Å². The Morgan fingerprint density at radius 3 is 3.00 bits per heavy atom. The molecule has 1 aliphatic rings. The van der Waals surface area contributed by atoms with Crippen molar-refractivity contribution in [3.8, 4) is 11.9 Å². The zero-order chi connectivity index (χ0) is 11.0. The monoisotopic (exact) mass is 211 g/mol. The molecule has 0 aliphatic heterocycles. The van der Waals surface area contributed by atoms with E-state index in [-0.39, 0.29) is 0 Å². The average molecular weight is 211 g/mol. The van der Waals surface area contributed by atoms with Crippen molar-refractivity contribution in [2.45, 2.75) is 18.8 Å². The van der Waals surface area contributed by atoms with Gasteiger partial charge in [-0.1, -0.05) is 0 Å². The first kappa shape index (κ1) is 9.04. The molecule has 5 nitrogen and oxygen atoms in total. The highest BCUT2D eigenvalue weighted by atomic mass is 15.3. The van der Waals surface area contributed by atoms with Crippen LogP contribution in [0.5, 0.6) is 0 Å². The molecule has 1 aliphatic carbocycles. The van der Waals surface area contributed by atoms with Gasteiger partial charge in [0, 0.05) is 12.1 Å². The average Bonchev–Trinajstić information content (AvgIpc) is 3.07. The second-order valence-electron chi connectivity index (χ2n) is 3.84. The first-order chi connectivity index (χ1) is 7.88. The van der Waals surface area contributed by atoms with E-state index < -0.39 is 0 Å². The van der Waals surface area contributed by atoms with Crippen molar-refractivity contribution in [3.05, 3.63) is 35.8 Å². The van der Waals surface area contributed by atoms with Crippen molar-refractivity contribution in [2.75, 3.05) is 0 Å². The summed E-state index contributed by atoms with van der Waals surface area (Å²) >= 11 is 0. The first-order valence-corrected chi connectivity index (χ1v) is 5.16. The fraction of sp³-hybridized carbons (Fsp3) is 0.273. The normalized spacial score (nSPS) is 14.7. The van der Waals surface area contributed by atoms with Gasteiger partial charge in [0.25, 0.3) is 0 Å². The Labute approximate surface area is 92.3 Å². The van der Waals surface area contributed by atoms with E-state index in [1.807, 2.05) is 12.3 Å². The Bertz CT molecular complexity index is 562. The third-order valence-corrected chi connectivity index (χ3v) is 2.64. The summed E-state index contributed by atoms with van der Waals surface area (Å²) in [6.07, 6.45) is 5.76. The highest BCUT2D eigenvalue weighted by molar-refractivity contribution is 5.41. The summed E-state index contributed by atoms with van der Waals surface area (Å²) in [7, 11) is 0. The molecule has 1 fully saturated rings. The summed E-state index contributed by atoms with van der Waals surface area (Å²) in [5, 5.41) is 21.1.